The molecule has 5 heteroatoms. The molecule has 3 rings (SSSR count). The fraction of sp³-hybridized carbons (Fsp3) is 0.0909. The molecule has 1 aromatic heterocycles. The Morgan fingerprint density at radius 2 is 1.85 bits per heavy atom. The van der Waals surface area contributed by atoms with Crippen molar-refractivity contribution in [3.05, 3.63) is 95.5 Å². The van der Waals surface area contributed by atoms with Crippen molar-refractivity contribution in [2.24, 2.45) is 0 Å². The number of hydrogen-bond acceptors (Lipinski definition) is 4. The van der Waals surface area contributed by atoms with E-state index in [4.69, 9.17) is 9.15 Å². The number of amides is 1. The maximum absolute atomic E-state index is 12.1. The lowest BCUT2D eigenvalue weighted by atomic mass is 10.1. The Morgan fingerprint density at radius 3 is 2.52 bits per heavy atom. The quantitative estimate of drug-likeness (QED) is 0.510. The molecule has 0 aliphatic carbocycles. The van der Waals surface area contributed by atoms with Gasteiger partial charge >= 0.3 is 0 Å². The lowest BCUT2D eigenvalue weighted by Gasteiger charge is -2.06. The molecule has 0 atom stereocenters. The highest BCUT2D eigenvalue weighted by atomic mass is 16.5. The number of hydrogen-bond donors (Lipinski definition) is 1. The zero-order chi connectivity index (χ0) is 18.9. The summed E-state index contributed by atoms with van der Waals surface area (Å²) in [5.41, 5.74) is 1.85. The summed E-state index contributed by atoms with van der Waals surface area (Å²) in [6.07, 6.45) is 3.07. The number of carbonyl (C=O) groups is 1. The van der Waals surface area contributed by atoms with Gasteiger partial charge in [0.1, 0.15) is 29.8 Å². The second-order valence-electron chi connectivity index (χ2n) is 5.78. The number of ether oxygens (including phenoxy) is 1. The topological polar surface area (TPSA) is 75.3 Å². The van der Waals surface area contributed by atoms with Crippen LogP contribution in [-0.4, -0.2) is 5.91 Å². The molecule has 0 bridgehead atoms. The van der Waals surface area contributed by atoms with Crippen molar-refractivity contribution in [1.82, 2.24) is 5.32 Å². The van der Waals surface area contributed by atoms with E-state index in [2.05, 4.69) is 5.32 Å². The zero-order valence-corrected chi connectivity index (χ0v) is 14.6. The van der Waals surface area contributed by atoms with Crippen LogP contribution in [0.5, 0.6) is 5.75 Å². The minimum atomic E-state index is -0.446. The molecule has 1 amide bonds. The second-order valence-corrected chi connectivity index (χ2v) is 5.78. The fourth-order valence-corrected chi connectivity index (χ4v) is 2.39. The van der Waals surface area contributed by atoms with Gasteiger partial charge in [0.05, 0.1) is 12.8 Å². The van der Waals surface area contributed by atoms with Crippen molar-refractivity contribution in [3.8, 4) is 11.8 Å². The SMILES string of the molecule is N#CC(=Cc1ccc(OCc2ccccc2)cc1)C(=O)NCc1ccco1. The van der Waals surface area contributed by atoms with Crippen LogP contribution in [0.25, 0.3) is 6.08 Å². The Balaban J connectivity index is 1.59. The second kappa shape index (κ2) is 9.07. The van der Waals surface area contributed by atoms with Gasteiger partial charge in [-0.2, -0.15) is 5.26 Å². The van der Waals surface area contributed by atoms with Crippen LogP contribution in [0, 0.1) is 11.3 Å². The van der Waals surface area contributed by atoms with Gasteiger partial charge < -0.3 is 14.5 Å². The van der Waals surface area contributed by atoms with Crippen molar-refractivity contribution in [2.75, 3.05) is 0 Å². The maximum Gasteiger partial charge on any atom is 0.262 e. The Labute approximate surface area is 157 Å². The maximum atomic E-state index is 12.1. The van der Waals surface area contributed by atoms with Crippen molar-refractivity contribution in [1.29, 1.82) is 5.26 Å². The van der Waals surface area contributed by atoms with Gasteiger partial charge in [-0.25, -0.2) is 0 Å². The number of carbonyl (C=O) groups excluding carboxylic acids is 1. The van der Waals surface area contributed by atoms with Crippen LogP contribution in [0.3, 0.4) is 0 Å². The van der Waals surface area contributed by atoms with E-state index in [1.807, 2.05) is 48.5 Å². The highest BCUT2D eigenvalue weighted by Crippen LogP contribution is 2.16. The van der Waals surface area contributed by atoms with Gasteiger partial charge in [0.25, 0.3) is 5.91 Å². The van der Waals surface area contributed by atoms with Crippen molar-refractivity contribution < 1.29 is 13.9 Å². The van der Waals surface area contributed by atoms with E-state index in [1.54, 1.807) is 30.3 Å². The molecule has 0 fully saturated rings. The van der Waals surface area contributed by atoms with E-state index >= 15 is 0 Å². The molecule has 0 spiro atoms. The third kappa shape index (κ3) is 5.35. The Hall–Kier alpha value is -3.78. The summed E-state index contributed by atoms with van der Waals surface area (Å²) < 4.78 is 10.9. The molecule has 0 saturated heterocycles. The van der Waals surface area contributed by atoms with Crippen LogP contribution < -0.4 is 10.1 Å². The van der Waals surface area contributed by atoms with Gasteiger partial charge in [-0.1, -0.05) is 42.5 Å². The van der Waals surface area contributed by atoms with E-state index in [-0.39, 0.29) is 12.1 Å². The summed E-state index contributed by atoms with van der Waals surface area (Å²) in [6.45, 7) is 0.714. The van der Waals surface area contributed by atoms with Gasteiger partial charge in [0, 0.05) is 0 Å². The Kier molecular flexibility index (Phi) is 6.05. The summed E-state index contributed by atoms with van der Waals surface area (Å²) in [5, 5.41) is 11.9. The number of nitrogens with zero attached hydrogens (tertiary/aromatic N) is 1. The van der Waals surface area contributed by atoms with E-state index in [1.165, 1.54) is 6.26 Å². The van der Waals surface area contributed by atoms with Crippen molar-refractivity contribution in [2.45, 2.75) is 13.2 Å². The van der Waals surface area contributed by atoms with Crippen molar-refractivity contribution >= 4 is 12.0 Å². The predicted molar refractivity (Wildman–Crippen MR) is 101 cm³/mol. The predicted octanol–water partition coefficient (Wildman–Crippen LogP) is 4.08. The van der Waals surface area contributed by atoms with Crippen LogP contribution >= 0.6 is 0 Å². The average molecular weight is 358 g/mol. The number of nitrogens with one attached hydrogen (secondary N) is 1. The molecular formula is C22H18N2O3. The molecule has 0 radical (unpaired) electrons. The number of benzene rings is 2. The number of nitriles is 1. The molecule has 134 valence electrons. The van der Waals surface area contributed by atoms with Crippen LogP contribution in [0.1, 0.15) is 16.9 Å². The summed E-state index contributed by atoms with van der Waals surface area (Å²) in [5.74, 6) is 0.899. The number of rotatable bonds is 7. The molecular weight excluding hydrogens is 340 g/mol. The summed E-state index contributed by atoms with van der Waals surface area (Å²) in [7, 11) is 0. The zero-order valence-electron chi connectivity index (χ0n) is 14.6. The highest BCUT2D eigenvalue weighted by molar-refractivity contribution is 6.01. The molecule has 1 N–H and O–H groups in total. The van der Waals surface area contributed by atoms with E-state index in [9.17, 15) is 10.1 Å². The summed E-state index contributed by atoms with van der Waals surface area (Å²) in [4.78, 5) is 12.1. The minimum Gasteiger partial charge on any atom is -0.489 e. The smallest absolute Gasteiger partial charge is 0.262 e. The third-order valence-corrected chi connectivity index (χ3v) is 3.81. The lowest BCUT2D eigenvalue weighted by molar-refractivity contribution is -0.117. The molecule has 1 heterocycles. The largest absolute Gasteiger partial charge is 0.489 e. The summed E-state index contributed by atoms with van der Waals surface area (Å²) in [6, 6.07) is 22.5. The van der Waals surface area contributed by atoms with Crippen LogP contribution in [0.15, 0.2) is 83.0 Å². The Bertz CT molecular complexity index is 937. The van der Waals surface area contributed by atoms with Crippen molar-refractivity contribution in [3.63, 3.8) is 0 Å². The number of furan rings is 1. The van der Waals surface area contributed by atoms with E-state index in [0.29, 0.717) is 12.4 Å². The first-order valence-corrected chi connectivity index (χ1v) is 8.44. The molecule has 3 aromatic rings. The molecule has 5 nitrogen and oxygen atoms in total. The van der Waals surface area contributed by atoms with Gasteiger partial charge in [-0.05, 0) is 41.5 Å². The normalized spacial score (nSPS) is 10.9. The Morgan fingerprint density at radius 1 is 1.07 bits per heavy atom. The van der Waals surface area contributed by atoms with Gasteiger partial charge in [0.15, 0.2) is 0 Å². The fourth-order valence-electron chi connectivity index (χ4n) is 2.39. The standard InChI is InChI=1S/C22H18N2O3/c23-14-19(22(25)24-15-21-7-4-12-26-21)13-17-8-10-20(11-9-17)27-16-18-5-2-1-3-6-18/h1-13H,15-16H2,(H,24,25). The van der Waals surface area contributed by atoms with Gasteiger partial charge in [-0.3, -0.25) is 4.79 Å². The first-order chi connectivity index (χ1) is 13.2. The first kappa shape index (κ1) is 18.0. The van der Waals surface area contributed by atoms with E-state index in [0.717, 1.165) is 16.9 Å². The van der Waals surface area contributed by atoms with Gasteiger partial charge in [0.2, 0.25) is 0 Å². The van der Waals surface area contributed by atoms with Crippen LogP contribution in [0.2, 0.25) is 0 Å². The van der Waals surface area contributed by atoms with Crippen LogP contribution in [0.4, 0.5) is 0 Å². The molecule has 0 saturated carbocycles. The monoisotopic (exact) mass is 358 g/mol. The molecule has 27 heavy (non-hydrogen) atoms. The third-order valence-electron chi connectivity index (χ3n) is 3.81. The first-order valence-electron chi connectivity index (χ1n) is 8.44. The van der Waals surface area contributed by atoms with E-state index < -0.39 is 5.91 Å². The lowest BCUT2D eigenvalue weighted by Crippen LogP contribution is -2.23. The van der Waals surface area contributed by atoms with Crippen LogP contribution in [-0.2, 0) is 17.9 Å². The molecule has 2 aromatic carbocycles. The highest BCUT2D eigenvalue weighted by Gasteiger charge is 2.09. The summed E-state index contributed by atoms with van der Waals surface area (Å²) >= 11 is 0. The molecule has 0 unspecified atom stereocenters. The average Bonchev–Trinajstić information content (AvgIpc) is 3.24. The van der Waals surface area contributed by atoms with Gasteiger partial charge in [-0.15, -0.1) is 0 Å². The minimum absolute atomic E-state index is 0.0273. The molecule has 0 aliphatic heterocycles. The molecule has 0 aliphatic rings.